The van der Waals surface area contributed by atoms with Crippen LogP contribution in [0.3, 0.4) is 0 Å². The minimum Gasteiger partial charge on any atom is -0.229 e. The van der Waals surface area contributed by atoms with Gasteiger partial charge in [-0.25, -0.2) is 13.8 Å². The lowest BCUT2D eigenvalue weighted by Crippen LogP contribution is -1.78. The summed E-state index contributed by atoms with van der Waals surface area (Å²) in [5, 5.41) is 0. The van der Waals surface area contributed by atoms with Crippen molar-refractivity contribution in [2.45, 2.75) is 0 Å². The molecule has 1 aromatic heterocycles. The zero-order valence-electron chi connectivity index (χ0n) is 5.64. The number of thiazole rings is 1. The predicted octanol–water partition coefficient (Wildman–Crippen LogP) is 3.34. The fourth-order valence-corrected chi connectivity index (χ4v) is 2.29. The Labute approximate surface area is 79.2 Å². The van der Waals surface area contributed by atoms with Gasteiger partial charge in [-0.05, 0) is 15.9 Å². The molecule has 1 aromatic carbocycles. The number of nitrogens with zero attached hydrogens (tertiary/aromatic N) is 1. The molecule has 5 heteroatoms. The first-order valence-electron chi connectivity index (χ1n) is 3.08. The Kier molecular flexibility index (Phi) is 1.84. The molecule has 0 radical (unpaired) electrons. The number of rotatable bonds is 0. The molecule has 0 N–H and O–H groups in total. The van der Waals surface area contributed by atoms with Crippen LogP contribution in [0, 0.1) is 11.6 Å². The van der Waals surface area contributed by atoms with Crippen molar-refractivity contribution in [3.8, 4) is 0 Å². The van der Waals surface area contributed by atoms with Gasteiger partial charge in [0, 0.05) is 12.1 Å². The zero-order valence-corrected chi connectivity index (χ0v) is 8.05. The van der Waals surface area contributed by atoms with Gasteiger partial charge in [-0.3, -0.25) is 0 Å². The van der Waals surface area contributed by atoms with Gasteiger partial charge in [-0.1, -0.05) is 0 Å². The maximum Gasteiger partial charge on any atom is 0.160 e. The third-order valence-electron chi connectivity index (χ3n) is 1.38. The maximum atomic E-state index is 13.0. The number of fused-ring (bicyclic) bond motifs is 1. The van der Waals surface area contributed by atoms with Crippen LogP contribution < -0.4 is 0 Å². The van der Waals surface area contributed by atoms with Crippen LogP contribution in [0.4, 0.5) is 8.78 Å². The standard InChI is InChI=1S/C7H2BrF2NS/c8-7-11-5-2-3(9)1-4(10)6(5)12-7/h1-2H. The fraction of sp³-hybridized carbons (Fsp3) is 0. The van der Waals surface area contributed by atoms with Crippen molar-refractivity contribution in [1.29, 1.82) is 0 Å². The van der Waals surface area contributed by atoms with Gasteiger partial charge in [0.05, 0.1) is 10.2 Å². The van der Waals surface area contributed by atoms with Crippen molar-refractivity contribution in [3.05, 3.63) is 27.7 Å². The van der Waals surface area contributed by atoms with E-state index in [2.05, 4.69) is 20.9 Å². The molecule has 0 saturated heterocycles. The highest BCUT2D eigenvalue weighted by Gasteiger charge is 2.08. The first-order valence-corrected chi connectivity index (χ1v) is 4.69. The summed E-state index contributed by atoms with van der Waals surface area (Å²) < 4.78 is 26.5. The lowest BCUT2D eigenvalue weighted by atomic mass is 10.3. The molecule has 0 bridgehead atoms. The summed E-state index contributed by atoms with van der Waals surface area (Å²) in [7, 11) is 0. The molecule has 0 fully saturated rings. The first kappa shape index (κ1) is 8.07. The summed E-state index contributed by atoms with van der Waals surface area (Å²) in [6.07, 6.45) is 0. The monoisotopic (exact) mass is 249 g/mol. The molecule has 0 aliphatic carbocycles. The highest BCUT2D eigenvalue weighted by molar-refractivity contribution is 9.11. The van der Waals surface area contributed by atoms with Crippen molar-refractivity contribution in [2.75, 3.05) is 0 Å². The summed E-state index contributed by atoms with van der Waals surface area (Å²) in [5.74, 6) is -1.16. The Morgan fingerprint density at radius 3 is 2.83 bits per heavy atom. The van der Waals surface area contributed by atoms with Gasteiger partial charge in [0.15, 0.2) is 3.92 Å². The second-order valence-electron chi connectivity index (χ2n) is 2.20. The maximum absolute atomic E-state index is 13.0. The molecule has 12 heavy (non-hydrogen) atoms. The summed E-state index contributed by atoms with van der Waals surface area (Å²) in [4.78, 5) is 3.89. The summed E-state index contributed by atoms with van der Waals surface area (Å²) in [6.45, 7) is 0. The predicted molar refractivity (Wildman–Crippen MR) is 47.2 cm³/mol. The van der Waals surface area contributed by atoms with Crippen molar-refractivity contribution >= 4 is 37.5 Å². The number of aromatic nitrogens is 1. The molecule has 0 saturated carbocycles. The van der Waals surface area contributed by atoms with Crippen molar-refractivity contribution in [2.24, 2.45) is 0 Å². The molecule has 62 valence electrons. The zero-order chi connectivity index (χ0) is 8.72. The van der Waals surface area contributed by atoms with Crippen LogP contribution in [0.5, 0.6) is 0 Å². The SMILES string of the molecule is Fc1cc(F)c2sc(Br)nc2c1. The number of benzene rings is 1. The fourth-order valence-electron chi connectivity index (χ4n) is 0.933. The molecule has 1 nitrogen and oxygen atoms in total. The third kappa shape index (κ3) is 1.23. The van der Waals surface area contributed by atoms with Gasteiger partial charge in [0.25, 0.3) is 0 Å². The highest BCUT2D eigenvalue weighted by Crippen LogP contribution is 2.28. The normalized spacial score (nSPS) is 10.9. The summed E-state index contributed by atoms with van der Waals surface area (Å²) in [5.41, 5.74) is 0.351. The van der Waals surface area contributed by atoms with Crippen LogP contribution in [0.1, 0.15) is 0 Å². The molecule has 0 amide bonds. The van der Waals surface area contributed by atoms with E-state index in [1.54, 1.807) is 0 Å². The van der Waals surface area contributed by atoms with Gasteiger partial charge in [-0.15, -0.1) is 11.3 Å². The molecular formula is C7H2BrF2NS. The van der Waals surface area contributed by atoms with Gasteiger partial charge in [0.2, 0.25) is 0 Å². The number of hydrogen-bond donors (Lipinski definition) is 0. The first-order chi connectivity index (χ1) is 5.66. The molecule has 0 spiro atoms. The second-order valence-corrected chi connectivity index (χ2v) is 4.48. The van der Waals surface area contributed by atoms with Crippen LogP contribution in [-0.4, -0.2) is 4.98 Å². The van der Waals surface area contributed by atoms with Crippen molar-refractivity contribution in [1.82, 2.24) is 4.98 Å². The van der Waals surface area contributed by atoms with E-state index in [0.717, 1.165) is 17.4 Å². The minimum absolute atomic E-state index is 0.351. The Bertz CT molecular complexity index is 440. The van der Waals surface area contributed by atoms with Gasteiger partial charge in [0.1, 0.15) is 11.6 Å². The van der Waals surface area contributed by atoms with E-state index in [-0.39, 0.29) is 0 Å². The van der Waals surface area contributed by atoms with E-state index >= 15 is 0 Å². The van der Waals surface area contributed by atoms with E-state index in [9.17, 15) is 8.78 Å². The lowest BCUT2D eigenvalue weighted by molar-refractivity contribution is 0.593. The second kappa shape index (κ2) is 2.74. The molecule has 0 atom stereocenters. The topological polar surface area (TPSA) is 12.9 Å². The van der Waals surface area contributed by atoms with Crippen LogP contribution in [0.15, 0.2) is 16.0 Å². The average molecular weight is 250 g/mol. The van der Waals surface area contributed by atoms with Gasteiger partial charge in [-0.2, -0.15) is 0 Å². The highest BCUT2D eigenvalue weighted by atomic mass is 79.9. The Morgan fingerprint density at radius 1 is 1.33 bits per heavy atom. The van der Waals surface area contributed by atoms with E-state index in [0.29, 0.717) is 14.1 Å². The van der Waals surface area contributed by atoms with Crippen LogP contribution in [-0.2, 0) is 0 Å². The molecule has 1 heterocycles. The van der Waals surface area contributed by atoms with Crippen LogP contribution in [0.2, 0.25) is 0 Å². The smallest absolute Gasteiger partial charge is 0.160 e. The summed E-state index contributed by atoms with van der Waals surface area (Å²) in [6, 6.07) is 2.06. The van der Waals surface area contributed by atoms with Gasteiger partial charge >= 0.3 is 0 Å². The van der Waals surface area contributed by atoms with E-state index in [1.807, 2.05) is 0 Å². The number of halogens is 3. The largest absolute Gasteiger partial charge is 0.229 e. The molecule has 0 aliphatic heterocycles. The Morgan fingerprint density at radius 2 is 2.08 bits per heavy atom. The van der Waals surface area contributed by atoms with Gasteiger partial charge < -0.3 is 0 Å². The van der Waals surface area contributed by atoms with Crippen LogP contribution in [0.25, 0.3) is 10.2 Å². The van der Waals surface area contributed by atoms with Crippen molar-refractivity contribution < 1.29 is 8.78 Å². The lowest BCUT2D eigenvalue weighted by Gasteiger charge is -1.89. The average Bonchev–Trinajstić information content (AvgIpc) is 2.29. The van der Waals surface area contributed by atoms with E-state index in [4.69, 9.17) is 0 Å². The van der Waals surface area contributed by atoms with Crippen LogP contribution >= 0.6 is 27.3 Å². The molecular weight excluding hydrogens is 248 g/mol. The Balaban J connectivity index is 2.88. The number of hydrogen-bond acceptors (Lipinski definition) is 2. The minimum atomic E-state index is -0.599. The third-order valence-corrected chi connectivity index (χ3v) is 2.91. The van der Waals surface area contributed by atoms with Crippen molar-refractivity contribution in [3.63, 3.8) is 0 Å². The Hall–Kier alpha value is -0.550. The molecule has 0 unspecified atom stereocenters. The molecule has 0 aliphatic rings. The quantitative estimate of drug-likeness (QED) is 0.698. The summed E-state index contributed by atoms with van der Waals surface area (Å²) >= 11 is 4.25. The molecule has 2 rings (SSSR count). The molecule has 2 aromatic rings. The van der Waals surface area contributed by atoms with E-state index in [1.165, 1.54) is 6.07 Å². The van der Waals surface area contributed by atoms with E-state index < -0.39 is 11.6 Å².